The first-order valence-corrected chi connectivity index (χ1v) is 4.61. The number of benzene rings is 1. The van der Waals surface area contributed by atoms with Crippen LogP contribution in [0.15, 0.2) is 29.3 Å². The summed E-state index contributed by atoms with van der Waals surface area (Å²) in [5, 5.41) is 0. The van der Waals surface area contributed by atoms with E-state index >= 15 is 0 Å². The molecule has 2 rings (SSSR count). The SMILES string of the molecule is COc1ccc(C2COC(C)=N2)cc1. The van der Waals surface area contributed by atoms with Crippen LogP contribution in [0.2, 0.25) is 0 Å². The molecule has 3 heteroatoms. The van der Waals surface area contributed by atoms with Crippen LogP contribution in [0.3, 0.4) is 0 Å². The van der Waals surface area contributed by atoms with Crippen molar-refractivity contribution in [2.75, 3.05) is 13.7 Å². The van der Waals surface area contributed by atoms with Crippen molar-refractivity contribution in [2.24, 2.45) is 4.99 Å². The van der Waals surface area contributed by atoms with E-state index in [1.54, 1.807) is 7.11 Å². The largest absolute Gasteiger partial charge is 0.497 e. The van der Waals surface area contributed by atoms with E-state index in [9.17, 15) is 0 Å². The first-order chi connectivity index (χ1) is 6.79. The Kier molecular flexibility index (Phi) is 2.39. The molecule has 0 saturated heterocycles. The number of rotatable bonds is 2. The van der Waals surface area contributed by atoms with Crippen LogP contribution in [0.1, 0.15) is 18.5 Å². The quantitative estimate of drug-likeness (QED) is 0.717. The van der Waals surface area contributed by atoms with E-state index in [-0.39, 0.29) is 6.04 Å². The summed E-state index contributed by atoms with van der Waals surface area (Å²) in [5.74, 6) is 1.64. The van der Waals surface area contributed by atoms with Gasteiger partial charge in [-0.25, -0.2) is 4.99 Å². The highest BCUT2D eigenvalue weighted by Crippen LogP contribution is 2.24. The van der Waals surface area contributed by atoms with Gasteiger partial charge < -0.3 is 9.47 Å². The summed E-state index contributed by atoms with van der Waals surface area (Å²) in [6.07, 6.45) is 0. The molecular formula is C11H13NO2. The standard InChI is InChI=1S/C11H13NO2/c1-8-12-11(7-14-8)9-3-5-10(13-2)6-4-9/h3-6,11H,7H2,1-2H3. The van der Waals surface area contributed by atoms with Crippen LogP contribution in [0.5, 0.6) is 5.75 Å². The van der Waals surface area contributed by atoms with E-state index in [4.69, 9.17) is 9.47 Å². The molecule has 0 N–H and O–H groups in total. The molecule has 1 unspecified atom stereocenters. The van der Waals surface area contributed by atoms with Crippen LogP contribution in [-0.4, -0.2) is 19.6 Å². The molecule has 1 aromatic rings. The molecule has 0 saturated carbocycles. The normalized spacial score (nSPS) is 20.1. The third-order valence-electron chi connectivity index (χ3n) is 2.29. The summed E-state index contributed by atoms with van der Waals surface area (Å²) in [4.78, 5) is 4.37. The fourth-order valence-corrected chi connectivity index (χ4v) is 1.49. The summed E-state index contributed by atoms with van der Waals surface area (Å²) in [7, 11) is 1.66. The second-order valence-electron chi connectivity index (χ2n) is 3.25. The molecule has 1 heterocycles. The smallest absolute Gasteiger partial charge is 0.180 e. The average molecular weight is 191 g/mol. The number of methoxy groups -OCH3 is 1. The summed E-state index contributed by atoms with van der Waals surface area (Å²) < 4.78 is 10.4. The summed E-state index contributed by atoms with van der Waals surface area (Å²) in [5.41, 5.74) is 1.17. The van der Waals surface area contributed by atoms with E-state index in [2.05, 4.69) is 4.99 Å². The lowest BCUT2D eigenvalue weighted by atomic mass is 10.1. The van der Waals surface area contributed by atoms with Gasteiger partial charge in [0.15, 0.2) is 5.90 Å². The third-order valence-corrected chi connectivity index (χ3v) is 2.29. The molecule has 74 valence electrons. The van der Waals surface area contributed by atoms with Crippen LogP contribution in [0.25, 0.3) is 0 Å². The summed E-state index contributed by atoms with van der Waals surface area (Å²) in [6, 6.07) is 8.09. The average Bonchev–Trinajstić information content (AvgIpc) is 2.65. The van der Waals surface area contributed by atoms with Gasteiger partial charge in [-0.15, -0.1) is 0 Å². The number of aliphatic imine (C=N–C) groups is 1. The molecular weight excluding hydrogens is 178 g/mol. The topological polar surface area (TPSA) is 30.8 Å². The van der Waals surface area contributed by atoms with E-state index in [1.807, 2.05) is 31.2 Å². The Morgan fingerprint density at radius 1 is 1.36 bits per heavy atom. The Labute approximate surface area is 83.4 Å². The minimum atomic E-state index is 0.154. The summed E-state index contributed by atoms with van der Waals surface area (Å²) >= 11 is 0. The van der Waals surface area contributed by atoms with Crippen molar-refractivity contribution in [1.82, 2.24) is 0 Å². The Morgan fingerprint density at radius 2 is 2.07 bits per heavy atom. The first-order valence-electron chi connectivity index (χ1n) is 4.61. The third kappa shape index (κ3) is 1.71. The fourth-order valence-electron chi connectivity index (χ4n) is 1.49. The van der Waals surface area contributed by atoms with E-state index in [0.29, 0.717) is 6.61 Å². The molecule has 0 aliphatic carbocycles. The van der Waals surface area contributed by atoms with Crippen molar-refractivity contribution in [2.45, 2.75) is 13.0 Å². The van der Waals surface area contributed by atoms with Crippen molar-refractivity contribution >= 4 is 5.90 Å². The molecule has 0 amide bonds. The lowest BCUT2D eigenvalue weighted by Crippen LogP contribution is -1.97. The second kappa shape index (κ2) is 3.70. The van der Waals surface area contributed by atoms with Crippen LogP contribution in [0, 0.1) is 0 Å². The Bertz CT molecular complexity index is 343. The molecule has 0 bridgehead atoms. The van der Waals surface area contributed by atoms with Gasteiger partial charge in [-0.3, -0.25) is 0 Å². The lowest BCUT2D eigenvalue weighted by Gasteiger charge is -2.06. The van der Waals surface area contributed by atoms with Crippen molar-refractivity contribution in [3.8, 4) is 5.75 Å². The van der Waals surface area contributed by atoms with Gasteiger partial charge in [0.05, 0.1) is 7.11 Å². The maximum absolute atomic E-state index is 5.30. The van der Waals surface area contributed by atoms with E-state index in [1.165, 1.54) is 5.56 Å². The predicted octanol–water partition coefficient (Wildman–Crippen LogP) is 2.18. The zero-order valence-corrected chi connectivity index (χ0v) is 8.36. The van der Waals surface area contributed by atoms with Crippen molar-refractivity contribution in [3.63, 3.8) is 0 Å². The molecule has 1 aliphatic rings. The Balaban J connectivity index is 2.17. The molecule has 3 nitrogen and oxygen atoms in total. The van der Waals surface area contributed by atoms with Gasteiger partial charge in [0.25, 0.3) is 0 Å². The molecule has 0 radical (unpaired) electrons. The highest BCUT2D eigenvalue weighted by Gasteiger charge is 2.17. The minimum Gasteiger partial charge on any atom is -0.497 e. The van der Waals surface area contributed by atoms with Gasteiger partial charge in [-0.2, -0.15) is 0 Å². The maximum atomic E-state index is 5.30. The van der Waals surface area contributed by atoms with Crippen LogP contribution >= 0.6 is 0 Å². The molecule has 14 heavy (non-hydrogen) atoms. The van der Waals surface area contributed by atoms with E-state index in [0.717, 1.165) is 11.6 Å². The van der Waals surface area contributed by atoms with Crippen molar-refractivity contribution in [3.05, 3.63) is 29.8 Å². The van der Waals surface area contributed by atoms with Crippen molar-refractivity contribution < 1.29 is 9.47 Å². The molecule has 0 fully saturated rings. The minimum absolute atomic E-state index is 0.154. The van der Waals surface area contributed by atoms with Gasteiger partial charge >= 0.3 is 0 Å². The fraction of sp³-hybridized carbons (Fsp3) is 0.364. The highest BCUT2D eigenvalue weighted by molar-refractivity contribution is 5.75. The van der Waals surface area contributed by atoms with Gasteiger partial charge in [-0.05, 0) is 17.7 Å². The van der Waals surface area contributed by atoms with Crippen LogP contribution in [-0.2, 0) is 4.74 Å². The number of ether oxygens (including phenoxy) is 2. The zero-order chi connectivity index (χ0) is 9.97. The van der Waals surface area contributed by atoms with Gasteiger partial charge in [-0.1, -0.05) is 12.1 Å². The number of hydrogen-bond acceptors (Lipinski definition) is 3. The number of nitrogens with zero attached hydrogens (tertiary/aromatic N) is 1. The van der Waals surface area contributed by atoms with Crippen LogP contribution < -0.4 is 4.74 Å². The monoisotopic (exact) mass is 191 g/mol. The molecule has 0 aromatic heterocycles. The van der Waals surface area contributed by atoms with Crippen LogP contribution in [0.4, 0.5) is 0 Å². The maximum Gasteiger partial charge on any atom is 0.180 e. The molecule has 1 aliphatic heterocycles. The Morgan fingerprint density at radius 3 is 2.57 bits per heavy atom. The van der Waals surface area contributed by atoms with E-state index < -0.39 is 0 Å². The Hall–Kier alpha value is -1.51. The first kappa shape index (κ1) is 9.06. The lowest BCUT2D eigenvalue weighted by molar-refractivity contribution is 0.317. The van der Waals surface area contributed by atoms with Gasteiger partial charge in [0.1, 0.15) is 18.4 Å². The summed E-state index contributed by atoms with van der Waals surface area (Å²) in [6.45, 7) is 2.53. The van der Waals surface area contributed by atoms with Crippen molar-refractivity contribution in [1.29, 1.82) is 0 Å². The predicted molar refractivity (Wildman–Crippen MR) is 54.8 cm³/mol. The molecule has 1 atom stereocenters. The van der Waals surface area contributed by atoms with Gasteiger partial charge in [0.2, 0.25) is 0 Å². The molecule has 0 spiro atoms. The second-order valence-corrected chi connectivity index (χ2v) is 3.25. The molecule has 1 aromatic carbocycles. The zero-order valence-electron chi connectivity index (χ0n) is 8.36. The highest BCUT2D eigenvalue weighted by atomic mass is 16.5. The number of hydrogen-bond donors (Lipinski definition) is 0. The van der Waals surface area contributed by atoms with Gasteiger partial charge in [0, 0.05) is 6.92 Å².